The summed E-state index contributed by atoms with van der Waals surface area (Å²) >= 11 is 1.31. The largest absolute Gasteiger partial charge is 0.354 e. The fourth-order valence-corrected chi connectivity index (χ4v) is 2.47. The second-order valence-electron chi connectivity index (χ2n) is 4.95. The van der Waals surface area contributed by atoms with Crippen LogP contribution >= 0.6 is 11.8 Å². The maximum atomic E-state index is 11.6. The van der Waals surface area contributed by atoms with Gasteiger partial charge < -0.3 is 10.6 Å². The Morgan fingerprint density at radius 1 is 1.18 bits per heavy atom. The summed E-state index contributed by atoms with van der Waals surface area (Å²) in [6.07, 6.45) is 1.92. The third-order valence-corrected chi connectivity index (χ3v) is 4.12. The van der Waals surface area contributed by atoms with E-state index >= 15 is 0 Å². The van der Waals surface area contributed by atoms with Crippen molar-refractivity contribution in [3.63, 3.8) is 0 Å². The molecule has 0 saturated heterocycles. The highest BCUT2D eigenvalue weighted by atomic mass is 32.2. The summed E-state index contributed by atoms with van der Waals surface area (Å²) in [6, 6.07) is 6.05. The van der Waals surface area contributed by atoms with Crippen LogP contribution in [-0.2, 0) is 9.59 Å². The van der Waals surface area contributed by atoms with Gasteiger partial charge in [-0.3, -0.25) is 19.7 Å². The second kappa shape index (κ2) is 7.79. The van der Waals surface area contributed by atoms with E-state index in [1.807, 2.05) is 0 Å². The molecule has 2 rings (SSSR count). The molecule has 0 aliphatic heterocycles. The SMILES string of the molecule is O=C(CSc1ccc([N+](=O)[O-])cc1)NCCNC(=O)C1CC1. The lowest BCUT2D eigenvalue weighted by Crippen LogP contribution is -2.35. The van der Waals surface area contributed by atoms with E-state index in [0.717, 1.165) is 17.7 Å². The first-order valence-corrected chi connectivity index (χ1v) is 7.96. The van der Waals surface area contributed by atoms with Gasteiger partial charge >= 0.3 is 0 Å². The van der Waals surface area contributed by atoms with Gasteiger partial charge in [-0.2, -0.15) is 0 Å². The van der Waals surface area contributed by atoms with Crippen molar-refractivity contribution in [1.82, 2.24) is 10.6 Å². The minimum absolute atomic E-state index is 0.0280. The molecular weight excluding hydrogens is 306 g/mol. The van der Waals surface area contributed by atoms with E-state index in [1.54, 1.807) is 12.1 Å². The minimum Gasteiger partial charge on any atom is -0.354 e. The number of nitro benzene ring substituents is 1. The van der Waals surface area contributed by atoms with Gasteiger partial charge in [0.05, 0.1) is 10.7 Å². The molecule has 1 saturated carbocycles. The van der Waals surface area contributed by atoms with Gasteiger partial charge in [-0.1, -0.05) is 0 Å². The van der Waals surface area contributed by atoms with Gasteiger partial charge in [0.2, 0.25) is 11.8 Å². The van der Waals surface area contributed by atoms with Crippen molar-refractivity contribution in [3.8, 4) is 0 Å². The first kappa shape index (κ1) is 16.3. The average molecular weight is 323 g/mol. The molecule has 0 radical (unpaired) electrons. The number of hydrogen-bond donors (Lipinski definition) is 2. The van der Waals surface area contributed by atoms with Crippen LogP contribution in [-0.4, -0.2) is 35.6 Å². The Bertz CT molecular complexity index is 558. The molecule has 1 aliphatic rings. The molecule has 2 amide bonds. The lowest BCUT2D eigenvalue weighted by Gasteiger charge is -2.06. The Hall–Kier alpha value is -2.09. The first-order chi connectivity index (χ1) is 10.6. The second-order valence-corrected chi connectivity index (χ2v) is 6.00. The highest BCUT2D eigenvalue weighted by Crippen LogP contribution is 2.28. The zero-order valence-electron chi connectivity index (χ0n) is 11.9. The van der Waals surface area contributed by atoms with Crippen LogP contribution in [0.5, 0.6) is 0 Å². The van der Waals surface area contributed by atoms with Crippen LogP contribution in [0.1, 0.15) is 12.8 Å². The van der Waals surface area contributed by atoms with Crippen molar-refractivity contribution in [2.45, 2.75) is 17.7 Å². The van der Waals surface area contributed by atoms with E-state index < -0.39 is 4.92 Å². The van der Waals surface area contributed by atoms with E-state index in [0.29, 0.717) is 13.1 Å². The molecule has 1 aromatic carbocycles. The number of nitro groups is 1. The Morgan fingerprint density at radius 3 is 2.41 bits per heavy atom. The minimum atomic E-state index is -0.461. The highest BCUT2D eigenvalue weighted by molar-refractivity contribution is 8.00. The number of carbonyl (C=O) groups is 2. The van der Waals surface area contributed by atoms with Crippen molar-refractivity contribution < 1.29 is 14.5 Å². The lowest BCUT2D eigenvalue weighted by molar-refractivity contribution is -0.384. The van der Waals surface area contributed by atoms with Gasteiger partial charge in [0.1, 0.15) is 0 Å². The van der Waals surface area contributed by atoms with Crippen LogP contribution < -0.4 is 10.6 Å². The van der Waals surface area contributed by atoms with Gasteiger partial charge in [-0.05, 0) is 25.0 Å². The fourth-order valence-electron chi connectivity index (χ4n) is 1.74. The van der Waals surface area contributed by atoms with Crippen LogP contribution in [0, 0.1) is 16.0 Å². The van der Waals surface area contributed by atoms with E-state index in [2.05, 4.69) is 10.6 Å². The highest BCUT2D eigenvalue weighted by Gasteiger charge is 2.28. The van der Waals surface area contributed by atoms with Crippen LogP contribution in [0.25, 0.3) is 0 Å². The number of benzene rings is 1. The summed E-state index contributed by atoms with van der Waals surface area (Å²) in [4.78, 5) is 33.8. The first-order valence-electron chi connectivity index (χ1n) is 6.98. The molecular formula is C14H17N3O4S. The van der Waals surface area contributed by atoms with Crippen molar-refractivity contribution in [2.24, 2.45) is 5.92 Å². The number of amides is 2. The predicted molar refractivity (Wildman–Crippen MR) is 82.6 cm³/mol. The van der Waals surface area contributed by atoms with Crippen molar-refractivity contribution >= 4 is 29.3 Å². The molecule has 1 fully saturated rings. The maximum absolute atomic E-state index is 11.6. The molecule has 118 valence electrons. The van der Waals surface area contributed by atoms with E-state index in [-0.39, 0.29) is 29.2 Å². The molecule has 0 atom stereocenters. The van der Waals surface area contributed by atoms with Crippen LogP contribution in [0.4, 0.5) is 5.69 Å². The summed E-state index contributed by atoms with van der Waals surface area (Å²) in [6.45, 7) is 0.835. The summed E-state index contributed by atoms with van der Waals surface area (Å²) in [5.41, 5.74) is 0.0280. The molecule has 0 spiro atoms. The molecule has 0 unspecified atom stereocenters. The molecule has 2 N–H and O–H groups in total. The van der Waals surface area contributed by atoms with Crippen molar-refractivity contribution in [1.29, 1.82) is 0 Å². The maximum Gasteiger partial charge on any atom is 0.269 e. The zero-order chi connectivity index (χ0) is 15.9. The number of rotatable bonds is 8. The number of nitrogens with one attached hydrogen (secondary N) is 2. The number of nitrogens with zero attached hydrogens (tertiary/aromatic N) is 1. The molecule has 1 aromatic rings. The van der Waals surface area contributed by atoms with Gasteiger partial charge in [0.15, 0.2) is 0 Å². The number of non-ortho nitro benzene ring substituents is 1. The topological polar surface area (TPSA) is 101 Å². The number of carbonyl (C=O) groups excluding carboxylic acids is 2. The smallest absolute Gasteiger partial charge is 0.269 e. The fraction of sp³-hybridized carbons (Fsp3) is 0.429. The van der Waals surface area contributed by atoms with Crippen LogP contribution in [0.3, 0.4) is 0 Å². The van der Waals surface area contributed by atoms with Gasteiger partial charge in [-0.15, -0.1) is 11.8 Å². The summed E-state index contributed by atoms with van der Waals surface area (Å²) in [7, 11) is 0. The average Bonchev–Trinajstić information content (AvgIpc) is 3.34. The quantitative estimate of drug-likeness (QED) is 0.325. The molecule has 22 heavy (non-hydrogen) atoms. The van der Waals surface area contributed by atoms with Crippen molar-refractivity contribution in [2.75, 3.05) is 18.8 Å². The zero-order valence-corrected chi connectivity index (χ0v) is 12.7. The summed E-state index contributed by atoms with van der Waals surface area (Å²) in [5.74, 6) is 0.334. The van der Waals surface area contributed by atoms with E-state index in [4.69, 9.17) is 0 Å². The molecule has 7 nitrogen and oxygen atoms in total. The summed E-state index contributed by atoms with van der Waals surface area (Å²) < 4.78 is 0. The normalized spacial score (nSPS) is 13.5. The Balaban J connectivity index is 1.60. The monoisotopic (exact) mass is 323 g/mol. The Labute approximate surface area is 132 Å². The molecule has 0 bridgehead atoms. The lowest BCUT2D eigenvalue weighted by atomic mass is 10.3. The Morgan fingerprint density at radius 2 is 1.82 bits per heavy atom. The summed E-state index contributed by atoms with van der Waals surface area (Å²) in [5, 5.41) is 16.0. The number of thioether (sulfide) groups is 1. The molecule has 8 heteroatoms. The number of hydrogen-bond acceptors (Lipinski definition) is 5. The third-order valence-electron chi connectivity index (χ3n) is 3.11. The van der Waals surface area contributed by atoms with Gasteiger partial charge in [-0.25, -0.2) is 0 Å². The molecule has 0 aromatic heterocycles. The molecule has 0 heterocycles. The Kier molecular flexibility index (Phi) is 5.76. The van der Waals surface area contributed by atoms with Crippen LogP contribution in [0.15, 0.2) is 29.2 Å². The molecule has 1 aliphatic carbocycles. The standard InChI is InChI=1S/C14H17N3O4S/c18-13(15-7-8-16-14(19)10-1-2-10)9-22-12-5-3-11(4-6-12)17(20)21/h3-6,10H,1-2,7-9H2,(H,15,18)(H,16,19). The van der Waals surface area contributed by atoms with Gasteiger partial charge in [0, 0.05) is 36.0 Å². The third kappa shape index (κ3) is 5.36. The van der Waals surface area contributed by atoms with Crippen LogP contribution in [0.2, 0.25) is 0 Å². The van der Waals surface area contributed by atoms with E-state index in [1.165, 1.54) is 23.9 Å². The van der Waals surface area contributed by atoms with E-state index in [9.17, 15) is 19.7 Å². The predicted octanol–water partition coefficient (Wildman–Crippen LogP) is 1.33. The van der Waals surface area contributed by atoms with Crippen molar-refractivity contribution in [3.05, 3.63) is 34.4 Å². The van der Waals surface area contributed by atoms with Gasteiger partial charge in [0.25, 0.3) is 5.69 Å².